The Hall–Kier alpha value is -2.20. The Morgan fingerprint density at radius 2 is 1.75 bits per heavy atom. The Balaban J connectivity index is 1.43. The molecule has 2 aromatic rings. The van der Waals surface area contributed by atoms with Gasteiger partial charge in [0.15, 0.2) is 0 Å². The molecule has 2 aromatic carbocycles. The normalized spacial score (nSPS) is 20.7. The first kappa shape index (κ1) is 23.0. The average molecular weight is 479 g/mol. The third kappa shape index (κ3) is 5.06. The second kappa shape index (κ2) is 9.35. The number of likely N-dealkylation sites (N-methyl/N-ethyl adjacent to an activating group) is 1. The molecule has 1 atom stereocenters. The molecule has 0 unspecified atom stereocenters. The Morgan fingerprint density at radius 3 is 2.50 bits per heavy atom. The minimum absolute atomic E-state index is 0.0164. The van der Waals surface area contributed by atoms with E-state index >= 15 is 0 Å². The van der Waals surface area contributed by atoms with E-state index < -0.39 is 16.1 Å². The van der Waals surface area contributed by atoms with E-state index in [1.54, 1.807) is 35.2 Å². The van der Waals surface area contributed by atoms with Crippen LogP contribution < -0.4 is 4.72 Å². The molecule has 0 saturated carbocycles. The van der Waals surface area contributed by atoms with Crippen molar-refractivity contribution in [2.75, 3.05) is 46.3 Å². The standard InChI is InChI=1S/C22H27ClN4O4S/c1-25-9-11-26(12-10-25)21(28)15-27-8-2-3-20(22(27)29)24-32(30,31)19-7-5-16-13-18(23)6-4-17(16)14-19/h4-7,13-14,20,24H,2-3,8-12,15H2,1H3/t20-/m0/s1. The monoisotopic (exact) mass is 478 g/mol. The molecule has 0 aliphatic carbocycles. The lowest BCUT2D eigenvalue weighted by atomic mass is 10.1. The third-order valence-corrected chi connectivity index (χ3v) is 7.80. The van der Waals surface area contributed by atoms with Crippen LogP contribution in [0.2, 0.25) is 5.02 Å². The van der Waals surface area contributed by atoms with E-state index in [0.29, 0.717) is 37.5 Å². The quantitative estimate of drug-likeness (QED) is 0.704. The number of sulfonamides is 1. The summed E-state index contributed by atoms with van der Waals surface area (Å²) >= 11 is 6.00. The Bertz CT molecular complexity index is 1130. The minimum Gasteiger partial charge on any atom is -0.339 e. The molecule has 0 spiro atoms. The van der Waals surface area contributed by atoms with Crippen LogP contribution in [0.15, 0.2) is 41.3 Å². The van der Waals surface area contributed by atoms with E-state index in [-0.39, 0.29) is 23.3 Å². The lowest BCUT2D eigenvalue weighted by Crippen LogP contribution is -2.56. The fraction of sp³-hybridized carbons (Fsp3) is 0.455. The van der Waals surface area contributed by atoms with Crippen molar-refractivity contribution >= 4 is 44.2 Å². The number of hydrogen-bond acceptors (Lipinski definition) is 5. The highest BCUT2D eigenvalue weighted by Gasteiger charge is 2.34. The summed E-state index contributed by atoms with van der Waals surface area (Å²) in [6.45, 7) is 3.33. The number of piperidine rings is 1. The van der Waals surface area contributed by atoms with Gasteiger partial charge < -0.3 is 14.7 Å². The lowest BCUT2D eigenvalue weighted by molar-refractivity contribution is -0.143. The zero-order valence-corrected chi connectivity index (χ0v) is 19.5. The van der Waals surface area contributed by atoms with E-state index in [0.717, 1.165) is 23.9 Å². The molecule has 0 bridgehead atoms. The highest BCUT2D eigenvalue weighted by Crippen LogP contribution is 2.23. The molecule has 32 heavy (non-hydrogen) atoms. The molecule has 2 amide bonds. The second-order valence-electron chi connectivity index (χ2n) is 8.41. The molecule has 2 saturated heterocycles. The molecule has 10 heteroatoms. The summed E-state index contributed by atoms with van der Waals surface area (Å²) in [5.41, 5.74) is 0. The zero-order valence-electron chi connectivity index (χ0n) is 18.0. The number of likely N-dealkylation sites (tertiary alicyclic amines) is 1. The van der Waals surface area contributed by atoms with Gasteiger partial charge in [-0.2, -0.15) is 4.72 Å². The van der Waals surface area contributed by atoms with Gasteiger partial charge in [-0.1, -0.05) is 23.7 Å². The maximum absolute atomic E-state index is 13.0. The molecule has 2 heterocycles. The van der Waals surface area contributed by atoms with Crippen LogP contribution in [0.4, 0.5) is 0 Å². The predicted molar refractivity (Wildman–Crippen MR) is 123 cm³/mol. The molecule has 1 N–H and O–H groups in total. The Morgan fingerprint density at radius 1 is 1.06 bits per heavy atom. The fourth-order valence-corrected chi connectivity index (χ4v) is 5.58. The van der Waals surface area contributed by atoms with Crippen LogP contribution >= 0.6 is 11.6 Å². The third-order valence-electron chi connectivity index (χ3n) is 6.09. The number of amides is 2. The van der Waals surface area contributed by atoms with E-state index in [2.05, 4.69) is 9.62 Å². The number of hydrogen-bond donors (Lipinski definition) is 1. The Kier molecular flexibility index (Phi) is 6.71. The SMILES string of the molecule is CN1CCN(C(=O)CN2CCC[C@H](NS(=O)(=O)c3ccc4cc(Cl)ccc4c3)C2=O)CC1. The van der Waals surface area contributed by atoms with Gasteiger partial charge in [0.05, 0.1) is 11.4 Å². The van der Waals surface area contributed by atoms with Crippen LogP contribution in [-0.2, 0) is 19.6 Å². The van der Waals surface area contributed by atoms with Crippen LogP contribution in [0.25, 0.3) is 10.8 Å². The van der Waals surface area contributed by atoms with E-state index in [9.17, 15) is 18.0 Å². The lowest BCUT2D eigenvalue weighted by Gasteiger charge is -2.36. The molecular formula is C22H27ClN4O4S. The molecule has 4 rings (SSSR count). The molecule has 2 aliphatic heterocycles. The summed E-state index contributed by atoms with van der Waals surface area (Å²) in [6.07, 6.45) is 1.03. The summed E-state index contributed by atoms with van der Waals surface area (Å²) in [6, 6.07) is 9.11. The van der Waals surface area contributed by atoms with E-state index in [1.165, 1.54) is 11.0 Å². The van der Waals surface area contributed by atoms with Gasteiger partial charge in [-0.05, 0) is 54.9 Å². The molecule has 172 valence electrons. The second-order valence-corrected chi connectivity index (χ2v) is 10.6. The van der Waals surface area contributed by atoms with Crippen molar-refractivity contribution in [3.8, 4) is 0 Å². The molecular weight excluding hydrogens is 452 g/mol. The van der Waals surface area contributed by atoms with E-state index in [4.69, 9.17) is 11.6 Å². The first-order valence-electron chi connectivity index (χ1n) is 10.7. The van der Waals surface area contributed by atoms with Gasteiger partial charge >= 0.3 is 0 Å². The predicted octanol–water partition coefficient (Wildman–Crippen LogP) is 1.54. The van der Waals surface area contributed by atoms with Crippen LogP contribution in [0.1, 0.15) is 12.8 Å². The molecule has 0 radical (unpaired) electrons. The Labute approximate surface area is 193 Å². The molecule has 2 aliphatic rings. The number of benzene rings is 2. The number of piperazine rings is 1. The first-order valence-corrected chi connectivity index (χ1v) is 12.6. The van der Waals surface area contributed by atoms with Crippen molar-refractivity contribution in [1.29, 1.82) is 0 Å². The number of fused-ring (bicyclic) bond motifs is 1. The van der Waals surface area contributed by atoms with Gasteiger partial charge in [-0.3, -0.25) is 9.59 Å². The average Bonchev–Trinajstić information content (AvgIpc) is 2.76. The van der Waals surface area contributed by atoms with Crippen LogP contribution in [-0.4, -0.2) is 87.3 Å². The van der Waals surface area contributed by atoms with Gasteiger partial charge in [0.2, 0.25) is 21.8 Å². The maximum Gasteiger partial charge on any atom is 0.242 e. The van der Waals surface area contributed by atoms with E-state index in [1.807, 2.05) is 7.05 Å². The minimum atomic E-state index is -3.90. The number of carbonyl (C=O) groups is 2. The highest BCUT2D eigenvalue weighted by molar-refractivity contribution is 7.89. The van der Waals surface area contributed by atoms with Crippen molar-refractivity contribution in [1.82, 2.24) is 19.4 Å². The van der Waals surface area contributed by atoms with Crippen molar-refractivity contribution in [3.05, 3.63) is 41.4 Å². The zero-order chi connectivity index (χ0) is 22.9. The first-order chi connectivity index (χ1) is 15.2. The van der Waals surface area contributed by atoms with Crippen molar-refractivity contribution in [3.63, 3.8) is 0 Å². The maximum atomic E-state index is 13.0. The number of rotatable bonds is 5. The largest absolute Gasteiger partial charge is 0.339 e. The fourth-order valence-electron chi connectivity index (χ4n) is 4.14. The highest BCUT2D eigenvalue weighted by atomic mass is 35.5. The summed E-state index contributed by atoms with van der Waals surface area (Å²) in [4.78, 5) is 31.1. The molecule has 0 aromatic heterocycles. The van der Waals surface area contributed by atoms with Gasteiger partial charge in [0.1, 0.15) is 6.04 Å². The number of halogens is 1. The summed E-state index contributed by atoms with van der Waals surface area (Å²) in [7, 11) is -1.89. The van der Waals surface area contributed by atoms with Crippen molar-refractivity contribution < 1.29 is 18.0 Å². The number of carbonyl (C=O) groups excluding carboxylic acids is 2. The molecule has 8 nitrogen and oxygen atoms in total. The van der Waals surface area contributed by atoms with Gasteiger partial charge in [-0.15, -0.1) is 0 Å². The van der Waals surface area contributed by atoms with Crippen LogP contribution in [0, 0.1) is 0 Å². The number of nitrogens with zero attached hydrogens (tertiary/aromatic N) is 3. The van der Waals surface area contributed by atoms with Crippen LogP contribution in [0.5, 0.6) is 0 Å². The van der Waals surface area contributed by atoms with Crippen molar-refractivity contribution in [2.45, 2.75) is 23.8 Å². The summed E-state index contributed by atoms with van der Waals surface area (Å²) in [5.74, 6) is -0.446. The summed E-state index contributed by atoms with van der Waals surface area (Å²) < 4.78 is 28.5. The van der Waals surface area contributed by atoms with Crippen LogP contribution in [0.3, 0.4) is 0 Å². The number of nitrogens with one attached hydrogen (secondary N) is 1. The van der Waals surface area contributed by atoms with Gasteiger partial charge in [0.25, 0.3) is 0 Å². The van der Waals surface area contributed by atoms with Gasteiger partial charge in [0, 0.05) is 37.7 Å². The smallest absolute Gasteiger partial charge is 0.242 e. The molecule has 2 fully saturated rings. The summed E-state index contributed by atoms with van der Waals surface area (Å²) in [5, 5.41) is 2.15. The van der Waals surface area contributed by atoms with Crippen molar-refractivity contribution in [2.24, 2.45) is 0 Å². The van der Waals surface area contributed by atoms with Gasteiger partial charge in [-0.25, -0.2) is 8.42 Å². The topological polar surface area (TPSA) is 90.0 Å².